The molecular formula is C25H35ClN2O4. The maximum atomic E-state index is 13.1. The fourth-order valence-electron chi connectivity index (χ4n) is 3.67. The molecule has 0 aliphatic carbocycles. The number of unbranched alkanes of at least 4 members (excludes halogenated alkanes) is 1. The summed E-state index contributed by atoms with van der Waals surface area (Å²) in [4.78, 5) is 17.3. The molecule has 6 nitrogen and oxygen atoms in total. The minimum absolute atomic E-state index is 0. The van der Waals surface area contributed by atoms with Gasteiger partial charge in [0.25, 0.3) is 5.91 Å². The number of anilines is 1. The highest BCUT2D eigenvalue weighted by molar-refractivity contribution is 5.96. The van der Waals surface area contributed by atoms with Crippen molar-refractivity contribution in [3.05, 3.63) is 48.5 Å². The largest absolute Gasteiger partial charge is 0.495 e. The van der Waals surface area contributed by atoms with E-state index >= 15 is 0 Å². The molecule has 1 amide bonds. The lowest BCUT2D eigenvalue weighted by Crippen LogP contribution is -2.40. The second-order valence-electron chi connectivity index (χ2n) is 7.73. The number of methoxy groups -OCH3 is 1. The van der Waals surface area contributed by atoms with Gasteiger partial charge in [0.1, 0.15) is 17.2 Å². The van der Waals surface area contributed by atoms with Crippen molar-refractivity contribution in [2.75, 3.05) is 51.4 Å². The molecule has 1 heterocycles. The second-order valence-corrected chi connectivity index (χ2v) is 7.73. The summed E-state index contributed by atoms with van der Waals surface area (Å²) in [5.41, 5.74) is 0.775. The fraction of sp³-hybridized carbons (Fsp3) is 0.480. The van der Waals surface area contributed by atoms with E-state index in [2.05, 4.69) is 11.8 Å². The van der Waals surface area contributed by atoms with E-state index in [4.69, 9.17) is 14.2 Å². The van der Waals surface area contributed by atoms with E-state index in [1.165, 1.54) is 12.8 Å². The number of rotatable bonds is 12. The van der Waals surface area contributed by atoms with E-state index in [9.17, 15) is 4.79 Å². The number of para-hydroxylation sites is 2. The van der Waals surface area contributed by atoms with E-state index in [-0.39, 0.29) is 24.9 Å². The molecule has 0 saturated carbocycles. The zero-order valence-corrected chi connectivity index (χ0v) is 19.9. The van der Waals surface area contributed by atoms with Gasteiger partial charge in [-0.2, -0.15) is 0 Å². The highest BCUT2D eigenvalue weighted by atomic mass is 35.5. The number of hydrogen-bond donors (Lipinski definition) is 0. The number of amides is 1. The molecule has 0 atom stereocenters. The first-order valence-electron chi connectivity index (χ1n) is 11.2. The van der Waals surface area contributed by atoms with Crippen molar-refractivity contribution in [3.8, 4) is 17.2 Å². The van der Waals surface area contributed by atoms with Crippen molar-refractivity contribution >= 4 is 24.0 Å². The zero-order valence-electron chi connectivity index (χ0n) is 19.1. The molecule has 1 fully saturated rings. The summed E-state index contributed by atoms with van der Waals surface area (Å²) < 4.78 is 17.0. The molecule has 2 aromatic carbocycles. The Morgan fingerprint density at radius 1 is 1.00 bits per heavy atom. The average Bonchev–Trinajstić information content (AvgIpc) is 3.33. The third-order valence-electron chi connectivity index (χ3n) is 5.47. The van der Waals surface area contributed by atoms with Crippen LogP contribution in [0.25, 0.3) is 0 Å². The van der Waals surface area contributed by atoms with E-state index in [1.807, 2.05) is 48.5 Å². The molecule has 3 rings (SSSR count). The number of halogens is 1. The molecule has 1 aliphatic rings. The number of carbonyl (C=O) groups excluding carboxylic acids is 1. The molecule has 0 unspecified atom stereocenters. The summed E-state index contributed by atoms with van der Waals surface area (Å²) in [6, 6.07) is 15.1. The lowest BCUT2D eigenvalue weighted by Gasteiger charge is -2.27. The smallest absolute Gasteiger partial charge is 0.265 e. The maximum Gasteiger partial charge on any atom is 0.265 e. The van der Waals surface area contributed by atoms with E-state index < -0.39 is 0 Å². The van der Waals surface area contributed by atoms with E-state index in [1.54, 1.807) is 12.0 Å². The van der Waals surface area contributed by atoms with E-state index in [0.717, 1.165) is 43.9 Å². The van der Waals surface area contributed by atoms with Crippen molar-refractivity contribution in [2.24, 2.45) is 0 Å². The van der Waals surface area contributed by atoms with Crippen LogP contribution in [0, 0.1) is 0 Å². The van der Waals surface area contributed by atoms with Crippen LogP contribution in [0.1, 0.15) is 32.6 Å². The summed E-state index contributed by atoms with van der Waals surface area (Å²) in [5.74, 6) is 2.06. The molecule has 0 bridgehead atoms. The third-order valence-corrected chi connectivity index (χ3v) is 5.47. The van der Waals surface area contributed by atoms with Gasteiger partial charge in [0.15, 0.2) is 6.61 Å². The van der Waals surface area contributed by atoms with E-state index in [0.29, 0.717) is 24.7 Å². The Labute approximate surface area is 197 Å². The van der Waals surface area contributed by atoms with Crippen LogP contribution >= 0.6 is 12.4 Å². The van der Waals surface area contributed by atoms with Crippen LogP contribution in [0.2, 0.25) is 0 Å². The molecule has 2 aromatic rings. The predicted molar refractivity (Wildman–Crippen MR) is 131 cm³/mol. The van der Waals surface area contributed by atoms with Crippen LogP contribution in [0.5, 0.6) is 17.2 Å². The van der Waals surface area contributed by atoms with Crippen LogP contribution in [0.3, 0.4) is 0 Å². The number of likely N-dealkylation sites (tertiary alicyclic amines) is 1. The lowest BCUT2D eigenvalue weighted by atomic mass is 10.2. The third kappa shape index (κ3) is 7.61. The maximum absolute atomic E-state index is 13.1. The van der Waals surface area contributed by atoms with Crippen molar-refractivity contribution in [3.63, 3.8) is 0 Å². The van der Waals surface area contributed by atoms with Gasteiger partial charge >= 0.3 is 0 Å². The highest BCUT2D eigenvalue weighted by Gasteiger charge is 2.21. The first-order valence-corrected chi connectivity index (χ1v) is 11.2. The standard InChI is InChI=1S/C25H34N2O4.ClH/c1-3-4-19-30-21-11-13-22(14-12-21)31-20-25(28)27(18-17-26-15-7-8-16-26)23-9-5-6-10-24(23)29-2;/h5-6,9-14H,3-4,7-8,15-20H2,1-2H3;1H. The van der Waals surface area contributed by atoms with Gasteiger partial charge in [-0.15, -0.1) is 12.4 Å². The molecule has 0 aromatic heterocycles. The Morgan fingerprint density at radius 2 is 1.66 bits per heavy atom. The van der Waals surface area contributed by atoms with Crippen LogP contribution in [0.4, 0.5) is 5.69 Å². The Morgan fingerprint density at radius 3 is 2.31 bits per heavy atom. The summed E-state index contributed by atoms with van der Waals surface area (Å²) in [6.45, 7) is 6.44. The van der Waals surface area contributed by atoms with Crippen molar-refractivity contribution < 1.29 is 19.0 Å². The quantitative estimate of drug-likeness (QED) is 0.424. The highest BCUT2D eigenvalue weighted by Crippen LogP contribution is 2.28. The predicted octanol–water partition coefficient (Wildman–Crippen LogP) is 4.80. The Hall–Kier alpha value is -2.44. The number of carbonyl (C=O) groups is 1. The molecule has 7 heteroatoms. The Bertz CT molecular complexity index is 810. The van der Waals surface area contributed by atoms with Gasteiger partial charge in [-0.3, -0.25) is 4.79 Å². The van der Waals surface area contributed by atoms with Crippen LogP contribution in [0.15, 0.2) is 48.5 Å². The lowest BCUT2D eigenvalue weighted by molar-refractivity contribution is -0.120. The molecule has 176 valence electrons. The number of ether oxygens (including phenoxy) is 3. The Balaban J connectivity index is 0.00000363. The van der Waals surface area contributed by atoms with Crippen molar-refractivity contribution in [1.29, 1.82) is 0 Å². The molecule has 1 saturated heterocycles. The van der Waals surface area contributed by atoms with Crippen molar-refractivity contribution in [1.82, 2.24) is 4.90 Å². The zero-order chi connectivity index (χ0) is 21.9. The molecule has 0 radical (unpaired) electrons. The molecule has 32 heavy (non-hydrogen) atoms. The number of hydrogen-bond acceptors (Lipinski definition) is 5. The second kappa shape index (κ2) is 13.9. The molecular weight excluding hydrogens is 428 g/mol. The van der Waals surface area contributed by atoms with Gasteiger partial charge in [0, 0.05) is 13.1 Å². The number of benzene rings is 2. The molecule has 1 aliphatic heterocycles. The van der Waals surface area contributed by atoms with Gasteiger partial charge in [-0.25, -0.2) is 0 Å². The van der Waals surface area contributed by atoms with Gasteiger partial charge in [-0.1, -0.05) is 25.5 Å². The van der Waals surface area contributed by atoms with Crippen molar-refractivity contribution in [2.45, 2.75) is 32.6 Å². The number of nitrogens with zero attached hydrogens (tertiary/aromatic N) is 2. The summed E-state index contributed by atoms with van der Waals surface area (Å²) >= 11 is 0. The molecule has 0 spiro atoms. The first kappa shape index (κ1) is 25.8. The van der Waals surface area contributed by atoms with Crippen LogP contribution in [-0.4, -0.2) is 57.3 Å². The summed E-state index contributed by atoms with van der Waals surface area (Å²) in [7, 11) is 1.63. The van der Waals surface area contributed by atoms with Gasteiger partial charge in [0.05, 0.1) is 19.4 Å². The monoisotopic (exact) mass is 462 g/mol. The van der Waals surface area contributed by atoms with Gasteiger partial charge in [-0.05, 0) is 68.8 Å². The summed E-state index contributed by atoms with van der Waals surface area (Å²) in [6.07, 6.45) is 4.58. The summed E-state index contributed by atoms with van der Waals surface area (Å²) in [5, 5.41) is 0. The fourth-order valence-corrected chi connectivity index (χ4v) is 3.67. The SMILES string of the molecule is CCCCOc1ccc(OCC(=O)N(CCN2CCCC2)c2ccccc2OC)cc1.Cl. The van der Waals surface area contributed by atoms with Crippen LogP contribution < -0.4 is 19.1 Å². The normalized spacial score (nSPS) is 13.3. The minimum atomic E-state index is -0.0908. The van der Waals surface area contributed by atoms with Crippen LogP contribution in [-0.2, 0) is 4.79 Å². The Kier molecular flexibility index (Phi) is 11.2. The minimum Gasteiger partial charge on any atom is -0.495 e. The topological polar surface area (TPSA) is 51.2 Å². The average molecular weight is 463 g/mol. The molecule has 0 N–H and O–H groups in total. The van der Waals surface area contributed by atoms with Gasteiger partial charge in [0.2, 0.25) is 0 Å². The first-order chi connectivity index (χ1) is 15.2. The van der Waals surface area contributed by atoms with Gasteiger partial charge < -0.3 is 24.0 Å².